The molecule has 1 atom stereocenters. The van der Waals surface area contributed by atoms with Crippen molar-refractivity contribution in [3.63, 3.8) is 0 Å². The third-order valence-electron chi connectivity index (χ3n) is 4.44. The number of ether oxygens (including phenoxy) is 1. The number of aromatic nitrogens is 3. The Morgan fingerprint density at radius 1 is 1.04 bits per heavy atom. The number of rotatable bonds is 4. The van der Waals surface area contributed by atoms with Crippen molar-refractivity contribution in [3.8, 4) is 17.1 Å². The van der Waals surface area contributed by atoms with Gasteiger partial charge in [0.1, 0.15) is 5.75 Å². The summed E-state index contributed by atoms with van der Waals surface area (Å²) in [5.41, 5.74) is 1.80. The number of hydrogen-bond acceptors (Lipinski definition) is 5. The molecule has 0 bridgehead atoms. The minimum absolute atomic E-state index is 0.155. The van der Waals surface area contributed by atoms with Crippen molar-refractivity contribution in [1.29, 1.82) is 0 Å². The highest BCUT2D eigenvalue weighted by Crippen LogP contribution is 2.53. The standard InChI is InChI=1S/C21H21BrN4OS/c1-20(2,3)18-21(22,28-16-12-10-15(27-4)11-13-16)19-23-17(24-26(19)25-18)14-8-6-5-7-9-14/h5-13H,1-4H3. The maximum absolute atomic E-state index is 5.28. The summed E-state index contributed by atoms with van der Waals surface area (Å²) >= 11 is 5.65. The van der Waals surface area contributed by atoms with Crippen molar-refractivity contribution in [2.75, 3.05) is 7.11 Å². The number of thioether (sulfide) groups is 1. The van der Waals surface area contributed by atoms with Crippen LogP contribution < -0.4 is 4.74 Å². The highest BCUT2D eigenvalue weighted by atomic mass is 79.9. The van der Waals surface area contributed by atoms with Gasteiger partial charge in [0, 0.05) is 15.9 Å². The molecule has 0 saturated carbocycles. The van der Waals surface area contributed by atoms with Gasteiger partial charge in [-0.3, -0.25) is 0 Å². The Morgan fingerprint density at radius 2 is 1.71 bits per heavy atom. The van der Waals surface area contributed by atoms with Gasteiger partial charge in [-0.1, -0.05) is 78.8 Å². The molecule has 1 aromatic heterocycles. The smallest absolute Gasteiger partial charge is 0.186 e. The van der Waals surface area contributed by atoms with Crippen LogP contribution in [-0.2, 0) is 3.66 Å². The number of hydrogen-bond donors (Lipinski definition) is 0. The first-order valence-electron chi connectivity index (χ1n) is 8.96. The maximum Gasteiger partial charge on any atom is 0.186 e. The summed E-state index contributed by atoms with van der Waals surface area (Å²) in [6, 6.07) is 18.0. The van der Waals surface area contributed by atoms with E-state index in [1.807, 2.05) is 54.6 Å². The van der Waals surface area contributed by atoms with E-state index in [0.29, 0.717) is 5.82 Å². The van der Waals surface area contributed by atoms with Crippen LogP contribution >= 0.6 is 27.7 Å². The zero-order chi connectivity index (χ0) is 19.9. The molecule has 2 heterocycles. The summed E-state index contributed by atoms with van der Waals surface area (Å²) in [6.07, 6.45) is 0. The van der Waals surface area contributed by atoms with Gasteiger partial charge in [0.25, 0.3) is 0 Å². The van der Waals surface area contributed by atoms with E-state index in [1.165, 1.54) is 0 Å². The molecule has 1 aliphatic heterocycles. The largest absolute Gasteiger partial charge is 0.497 e. The van der Waals surface area contributed by atoms with E-state index in [0.717, 1.165) is 27.7 Å². The number of halogens is 1. The lowest BCUT2D eigenvalue weighted by molar-refractivity contribution is 0.414. The second-order valence-electron chi connectivity index (χ2n) is 7.59. The fraction of sp³-hybridized carbons (Fsp3) is 0.286. The topological polar surface area (TPSA) is 52.3 Å². The van der Waals surface area contributed by atoms with Crippen molar-refractivity contribution < 1.29 is 4.74 Å². The second kappa shape index (κ2) is 7.04. The first-order valence-corrected chi connectivity index (χ1v) is 10.6. The van der Waals surface area contributed by atoms with Gasteiger partial charge < -0.3 is 4.74 Å². The maximum atomic E-state index is 5.28. The van der Waals surface area contributed by atoms with Crippen LogP contribution in [-0.4, -0.2) is 27.7 Å². The van der Waals surface area contributed by atoms with Crippen molar-refractivity contribution in [1.82, 2.24) is 14.9 Å². The molecule has 0 radical (unpaired) electrons. The molecular formula is C21H21BrN4OS. The molecule has 0 fully saturated rings. The Hall–Kier alpha value is -2.12. The summed E-state index contributed by atoms with van der Waals surface area (Å²) in [5.74, 6) is 2.28. The SMILES string of the molecule is COc1ccc(SC2(Br)C(C(C)(C)C)=Nn3nc(-c4ccccc4)nc32)cc1. The summed E-state index contributed by atoms with van der Waals surface area (Å²) in [6.45, 7) is 6.46. The van der Waals surface area contributed by atoms with Gasteiger partial charge in [0.15, 0.2) is 15.3 Å². The van der Waals surface area contributed by atoms with Crippen molar-refractivity contribution in [3.05, 3.63) is 60.4 Å². The summed E-state index contributed by atoms with van der Waals surface area (Å²) in [7, 11) is 1.67. The molecule has 0 aliphatic carbocycles. The van der Waals surface area contributed by atoms with Crippen LogP contribution in [0.4, 0.5) is 0 Å². The van der Waals surface area contributed by atoms with E-state index in [-0.39, 0.29) is 5.41 Å². The van der Waals surface area contributed by atoms with Crippen LogP contribution in [0.1, 0.15) is 26.6 Å². The lowest BCUT2D eigenvalue weighted by Crippen LogP contribution is -2.33. The predicted octanol–water partition coefficient (Wildman–Crippen LogP) is 5.56. The molecule has 4 rings (SSSR count). The van der Waals surface area contributed by atoms with Gasteiger partial charge in [-0.2, -0.15) is 5.10 Å². The highest BCUT2D eigenvalue weighted by molar-refractivity contribution is 9.11. The molecule has 144 valence electrons. The van der Waals surface area contributed by atoms with E-state index in [1.54, 1.807) is 23.7 Å². The van der Waals surface area contributed by atoms with E-state index < -0.39 is 3.66 Å². The monoisotopic (exact) mass is 456 g/mol. The molecule has 3 aromatic rings. The summed E-state index contributed by atoms with van der Waals surface area (Å²) < 4.78 is 4.68. The van der Waals surface area contributed by atoms with Crippen LogP contribution in [0.5, 0.6) is 5.75 Å². The fourth-order valence-corrected chi connectivity index (χ4v) is 5.82. The molecule has 1 unspecified atom stereocenters. The van der Waals surface area contributed by atoms with Gasteiger partial charge in [0.2, 0.25) is 0 Å². The summed E-state index contributed by atoms with van der Waals surface area (Å²) in [4.78, 5) is 7.60. The Labute approximate surface area is 177 Å². The van der Waals surface area contributed by atoms with Gasteiger partial charge in [0.05, 0.1) is 12.8 Å². The summed E-state index contributed by atoms with van der Waals surface area (Å²) in [5, 5.41) is 9.46. The number of fused-ring (bicyclic) bond motifs is 1. The number of benzene rings is 2. The van der Waals surface area contributed by atoms with E-state index in [2.05, 4.69) is 41.8 Å². The lowest BCUT2D eigenvalue weighted by Gasteiger charge is -2.29. The van der Waals surface area contributed by atoms with Crippen molar-refractivity contribution in [2.45, 2.75) is 29.3 Å². The Balaban J connectivity index is 1.78. The van der Waals surface area contributed by atoms with Crippen LogP contribution in [0.2, 0.25) is 0 Å². The highest BCUT2D eigenvalue weighted by Gasteiger charge is 2.50. The molecule has 5 nitrogen and oxygen atoms in total. The van der Waals surface area contributed by atoms with Crippen molar-refractivity contribution >= 4 is 33.4 Å². The second-order valence-corrected chi connectivity index (χ2v) is 10.6. The zero-order valence-corrected chi connectivity index (χ0v) is 18.6. The first kappa shape index (κ1) is 19.2. The Bertz CT molecular complexity index is 1020. The number of methoxy groups -OCH3 is 1. The minimum Gasteiger partial charge on any atom is -0.497 e. The fourth-order valence-electron chi connectivity index (χ4n) is 3.08. The molecule has 2 aromatic carbocycles. The van der Waals surface area contributed by atoms with E-state index in [9.17, 15) is 0 Å². The van der Waals surface area contributed by atoms with Gasteiger partial charge in [-0.05, 0) is 24.3 Å². The van der Waals surface area contributed by atoms with Crippen molar-refractivity contribution in [2.24, 2.45) is 10.5 Å². The molecule has 0 saturated heterocycles. The minimum atomic E-state index is -0.597. The molecule has 7 heteroatoms. The molecule has 0 spiro atoms. The van der Waals surface area contributed by atoms with E-state index in [4.69, 9.17) is 14.8 Å². The molecule has 28 heavy (non-hydrogen) atoms. The van der Waals surface area contributed by atoms with Crippen LogP contribution in [0.3, 0.4) is 0 Å². The van der Waals surface area contributed by atoms with Crippen LogP contribution in [0, 0.1) is 5.41 Å². The lowest BCUT2D eigenvalue weighted by atomic mass is 9.88. The first-order chi connectivity index (χ1) is 13.3. The van der Waals surface area contributed by atoms with E-state index >= 15 is 0 Å². The number of nitrogens with zero attached hydrogens (tertiary/aromatic N) is 4. The van der Waals surface area contributed by atoms with Gasteiger partial charge in [-0.15, -0.1) is 9.89 Å². The van der Waals surface area contributed by atoms with Crippen LogP contribution in [0.15, 0.2) is 64.6 Å². The Kier molecular flexibility index (Phi) is 4.83. The normalized spacial score (nSPS) is 18.7. The third kappa shape index (κ3) is 3.37. The molecule has 0 amide bonds. The van der Waals surface area contributed by atoms with Gasteiger partial charge in [-0.25, -0.2) is 4.98 Å². The molecule has 1 aliphatic rings. The zero-order valence-electron chi connectivity index (χ0n) is 16.2. The quantitative estimate of drug-likeness (QED) is 0.482. The predicted molar refractivity (Wildman–Crippen MR) is 117 cm³/mol. The Morgan fingerprint density at radius 3 is 2.32 bits per heavy atom. The third-order valence-corrected chi connectivity index (χ3v) is 6.82. The average molecular weight is 457 g/mol. The molecule has 0 N–H and O–H groups in total. The molecular weight excluding hydrogens is 436 g/mol. The van der Waals surface area contributed by atoms with Crippen LogP contribution in [0.25, 0.3) is 11.4 Å². The average Bonchev–Trinajstić information content (AvgIpc) is 3.21. The number of alkyl halides is 1. The van der Waals surface area contributed by atoms with Gasteiger partial charge >= 0.3 is 0 Å².